The monoisotopic (exact) mass is 427 g/mol. The molecule has 1 fully saturated rings. The van der Waals surface area contributed by atoms with E-state index >= 15 is 0 Å². The molecule has 0 spiro atoms. The van der Waals surface area contributed by atoms with E-state index in [0.29, 0.717) is 16.5 Å². The van der Waals surface area contributed by atoms with Crippen molar-refractivity contribution < 1.29 is 18.3 Å². The van der Waals surface area contributed by atoms with E-state index in [4.69, 9.17) is 4.74 Å². The van der Waals surface area contributed by atoms with E-state index in [1.807, 2.05) is 20.8 Å². The molecule has 0 saturated heterocycles. The number of carbonyl (C=O) groups excluding carboxylic acids is 1. The topological polar surface area (TPSA) is 55.3 Å². The lowest BCUT2D eigenvalue weighted by molar-refractivity contribution is -0.118. The fourth-order valence-corrected chi connectivity index (χ4v) is 3.91. The van der Waals surface area contributed by atoms with Crippen molar-refractivity contribution in [3.63, 3.8) is 0 Å². The summed E-state index contributed by atoms with van der Waals surface area (Å²) in [6.07, 6.45) is 4.57. The van der Waals surface area contributed by atoms with Crippen molar-refractivity contribution in [1.82, 2.24) is 9.97 Å². The second-order valence-corrected chi connectivity index (χ2v) is 7.38. The van der Waals surface area contributed by atoms with E-state index in [2.05, 4.69) is 9.97 Å². The molecule has 3 aromatic rings. The Morgan fingerprint density at radius 2 is 1.84 bits per heavy atom. The molecule has 0 bridgehead atoms. The lowest BCUT2D eigenvalue weighted by Gasteiger charge is -2.42. The van der Waals surface area contributed by atoms with Gasteiger partial charge >= 0.3 is 0 Å². The second-order valence-electron chi connectivity index (χ2n) is 7.38. The van der Waals surface area contributed by atoms with Crippen LogP contribution in [0.2, 0.25) is 0 Å². The molecule has 0 atom stereocenters. The quantitative estimate of drug-likeness (QED) is 0.520. The Labute approximate surface area is 181 Å². The van der Waals surface area contributed by atoms with Gasteiger partial charge in [-0.05, 0) is 43.5 Å². The van der Waals surface area contributed by atoms with Crippen LogP contribution in [-0.2, 0) is 9.53 Å². The molecule has 7 heteroatoms. The lowest BCUT2D eigenvalue weighted by atomic mass is 9.86. The predicted molar refractivity (Wildman–Crippen MR) is 118 cm³/mol. The van der Waals surface area contributed by atoms with Crippen LogP contribution in [0.5, 0.6) is 0 Å². The highest BCUT2D eigenvalue weighted by Gasteiger charge is 2.37. The minimum absolute atomic E-state index is 0.0164. The van der Waals surface area contributed by atoms with Gasteiger partial charge in [-0.2, -0.15) is 4.39 Å². The molecule has 1 saturated carbocycles. The number of methoxy groups -OCH3 is 1. The Balaban J connectivity index is 0.00000132. The third kappa shape index (κ3) is 4.42. The maximum absolute atomic E-state index is 14.8. The van der Waals surface area contributed by atoms with Crippen molar-refractivity contribution in [3.05, 3.63) is 54.0 Å². The summed E-state index contributed by atoms with van der Waals surface area (Å²) in [5.41, 5.74) is 2.73. The van der Waals surface area contributed by atoms with Gasteiger partial charge in [0, 0.05) is 55.0 Å². The molecule has 1 aliphatic rings. The Bertz CT molecular complexity index is 1080. The third-order valence-corrected chi connectivity index (χ3v) is 5.50. The first-order valence-electron chi connectivity index (χ1n) is 10.4. The van der Waals surface area contributed by atoms with E-state index in [1.165, 1.54) is 31.3 Å². The number of nitrogens with zero attached hydrogens (tertiary/aromatic N) is 3. The van der Waals surface area contributed by atoms with Crippen molar-refractivity contribution in [2.75, 3.05) is 12.0 Å². The number of aromatic nitrogens is 2. The van der Waals surface area contributed by atoms with Gasteiger partial charge in [0.1, 0.15) is 5.82 Å². The number of ether oxygens (including phenoxy) is 1. The molecule has 0 radical (unpaired) electrons. The molecule has 0 aliphatic heterocycles. The summed E-state index contributed by atoms with van der Waals surface area (Å²) in [6.45, 7) is 7.41. The number of fused-ring (bicyclic) bond motifs is 1. The fourth-order valence-electron chi connectivity index (χ4n) is 3.91. The van der Waals surface area contributed by atoms with Crippen LogP contribution in [0.1, 0.15) is 39.2 Å². The first kappa shape index (κ1) is 22.7. The summed E-state index contributed by atoms with van der Waals surface area (Å²) in [7, 11) is 1.66. The third-order valence-electron chi connectivity index (χ3n) is 5.50. The molecule has 5 nitrogen and oxygen atoms in total. The van der Waals surface area contributed by atoms with Crippen LogP contribution in [0.3, 0.4) is 0 Å². The molecule has 1 amide bonds. The van der Waals surface area contributed by atoms with Gasteiger partial charge in [-0.15, -0.1) is 0 Å². The van der Waals surface area contributed by atoms with Gasteiger partial charge in [0.05, 0.1) is 17.3 Å². The van der Waals surface area contributed by atoms with Gasteiger partial charge in [0.15, 0.2) is 0 Å². The summed E-state index contributed by atoms with van der Waals surface area (Å²) in [5, 5.41) is 0.668. The highest BCUT2D eigenvalue weighted by Crippen LogP contribution is 2.39. The molecule has 2 aromatic heterocycles. The first-order chi connectivity index (χ1) is 14.9. The average molecular weight is 427 g/mol. The Morgan fingerprint density at radius 1 is 1.13 bits per heavy atom. The summed E-state index contributed by atoms with van der Waals surface area (Å²) >= 11 is 0. The van der Waals surface area contributed by atoms with E-state index in [0.717, 1.165) is 24.1 Å². The summed E-state index contributed by atoms with van der Waals surface area (Å²) in [6, 6.07) is 5.69. The zero-order valence-electron chi connectivity index (χ0n) is 18.4. The number of amides is 1. The SMILES string of the molecule is CC.COC1CC(N(C(C)=O)c2c(C)cnc3cc(F)c(-c4ccc(F)nc4)cc23)C1. The molecule has 31 heavy (non-hydrogen) atoms. The molecular formula is C24H27F2N3O2. The number of aryl methyl sites for hydroxylation is 1. The van der Waals surface area contributed by atoms with E-state index in [1.54, 1.807) is 24.3 Å². The Hall–Kier alpha value is -2.93. The highest BCUT2D eigenvalue weighted by atomic mass is 19.1. The van der Waals surface area contributed by atoms with Crippen LogP contribution in [-0.4, -0.2) is 35.1 Å². The number of benzene rings is 1. The molecule has 1 aliphatic carbocycles. The minimum Gasteiger partial charge on any atom is -0.381 e. The number of anilines is 1. The maximum atomic E-state index is 14.8. The maximum Gasteiger partial charge on any atom is 0.224 e. The zero-order valence-corrected chi connectivity index (χ0v) is 18.4. The molecule has 0 N–H and O–H groups in total. The van der Waals surface area contributed by atoms with Crippen molar-refractivity contribution >= 4 is 22.5 Å². The smallest absolute Gasteiger partial charge is 0.224 e. The van der Waals surface area contributed by atoms with Crippen LogP contribution in [0.25, 0.3) is 22.0 Å². The molecule has 2 heterocycles. The van der Waals surface area contributed by atoms with Crippen LogP contribution < -0.4 is 4.90 Å². The van der Waals surface area contributed by atoms with Crippen molar-refractivity contribution in [3.8, 4) is 11.1 Å². The number of pyridine rings is 2. The predicted octanol–water partition coefficient (Wildman–Crippen LogP) is 5.44. The summed E-state index contributed by atoms with van der Waals surface area (Å²) in [4.78, 5) is 22.3. The molecule has 1 aromatic carbocycles. The van der Waals surface area contributed by atoms with E-state index in [9.17, 15) is 13.6 Å². The fraction of sp³-hybridized carbons (Fsp3) is 0.375. The standard InChI is InChI=1S/C22H21F2N3O2.C2H6/c1-12-10-25-20-9-19(23)17(14-4-5-21(24)26-11-14)8-18(20)22(12)27(13(2)28)15-6-16(7-15)29-3;1-2/h4-5,8-11,15-16H,6-7H2,1-3H3;1-2H3. The number of hydrogen-bond acceptors (Lipinski definition) is 4. The summed E-state index contributed by atoms with van der Waals surface area (Å²) < 4.78 is 33.3. The second kappa shape index (κ2) is 9.47. The van der Waals surface area contributed by atoms with Gasteiger partial charge in [0.2, 0.25) is 11.9 Å². The van der Waals surface area contributed by atoms with Crippen LogP contribution >= 0.6 is 0 Å². The lowest BCUT2D eigenvalue weighted by Crippen LogP contribution is -2.50. The number of carbonyl (C=O) groups is 1. The van der Waals surface area contributed by atoms with Crippen molar-refractivity contribution in [2.45, 2.75) is 52.7 Å². The molecule has 164 valence electrons. The van der Waals surface area contributed by atoms with Gasteiger partial charge in [-0.25, -0.2) is 9.37 Å². The molecule has 4 rings (SSSR count). The van der Waals surface area contributed by atoms with Crippen molar-refractivity contribution in [2.24, 2.45) is 0 Å². The molecule has 0 unspecified atom stereocenters. The Kier molecular flexibility index (Phi) is 6.95. The Morgan fingerprint density at radius 3 is 2.42 bits per heavy atom. The van der Waals surface area contributed by atoms with Crippen LogP contribution in [0.15, 0.2) is 36.7 Å². The number of hydrogen-bond donors (Lipinski definition) is 0. The van der Waals surface area contributed by atoms with Gasteiger partial charge in [-0.1, -0.05) is 13.8 Å². The largest absolute Gasteiger partial charge is 0.381 e. The number of rotatable bonds is 4. The van der Waals surface area contributed by atoms with Crippen LogP contribution in [0, 0.1) is 18.7 Å². The minimum atomic E-state index is -0.631. The summed E-state index contributed by atoms with van der Waals surface area (Å²) in [5.74, 6) is -1.20. The zero-order chi connectivity index (χ0) is 22.7. The van der Waals surface area contributed by atoms with Crippen LogP contribution in [0.4, 0.5) is 14.5 Å². The average Bonchev–Trinajstić information content (AvgIpc) is 2.73. The number of halogens is 2. The van der Waals surface area contributed by atoms with Gasteiger partial charge < -0.3 is 9.64 Å². The van der Waals surface area contributed by atoms with E-state index < -0.39 is 11.8 Å². The van der Waals surface area contributed by atoms with Gasteiger partial charge in [-0.3, -0.25) is 9.78 Å². The normalized spacial score (nSPS) is 17.5. The highest BCUT2D eigenvalue weighted by molar-refractivity contribution is 6.04. The van der Waals surface area contributed by atoms with Gasteiger partial charge in [0.25, 0.3) is 0 Å². The van der Waals surface area contributed by atoms with Crippen molar-refractivity contribution in [1.29, 1.82) is 0 Å². The van der Waals surface area contributed by atoms with E-state index in [-0.39, 0.29) is 23.6 Å². The molecular weight excluding hydrogens is 400 g/mol. The first-order valence-corrected chi connectivity index (χ1v) is 10.4.